The van der Waals surface area contributed by atoms with Gasteiger partial charge in [0, 0.05) is 44.0 Å². The predicted molar refractivity (Wildman–Crippen MR) is 84.4 cm³/mol. The second kappa shape index (κ2) is 5.93. The van der Waals surface area contributed by atoms with Crippen molar-refractivity contribution in [3.8, 4) is 0 Å². The molecule has 2 aliphatic rings. The van der Waals surface area contributed by atoms with Crippen LogP contribution in [-0.4, -0.2) is 49.2 Å². The van der Waals surface area contributed by atoms with Gasteiger partial charge in [-0.3, -0.25) is 0 Å². The van der Waals surface area contributed by atoms with Crippen molar-refractivity contribution in [3.63, 3.8) is 0 Å². The lowest BCUT2D eigenvalue weighted by Crippen LogP contribution is -2.55. The summed E-state index contributed by atoms with van der Waals surface area (Å²) in [6.45, 7) is 1.88. The summed E-state index contributed by atoms with van der Waals surface area (Å²) in [5.74, 6) is 0. The minimum atomic E-state index is 0.0341. The normalized spacial score (nSPS) is 28.1. The molecular weight excluding hydrogens is 264 g/mol. The van der Waals surface area contributed by atoms with Crippen LogP contribution in [0.15, 0.2) is 30.3 Å². The molecule has 0 aromatic heterocycles. The van der Waals surface area contributed by atoms with E-state index in [1.807, 2.05) is 18.0 Å². The Bertz CT molecular complexity index is 486. The topological polar surface area (TPSA) is 61.6 Å². The Hall–Kier alpha value is -1.75. The quantitative estimate of drug-likeness (QED) is 0.883. The van der Waals surface area contributed by atoms with Gasteiger partial charge in [-0.05, 0) is 31.4 Å². The number of hydrogen-bond donors (Lipinski definition) is 2. The first kappa shape index (κ1) is 14.2. The number of amides is 2. The lowest BCUT2D eigenvalue weighted by molar-refractivity contribution is 0.143. The Morgan fingerprint density at radius 2 is 2.05 bits per heavy atom. The fourth-order valence-electron chi connectivity index (χ4n) is 3.14. The van der Waals surface area contributed by atoms with E-state index in [4.69, 9.17) is 5.73 Å². The summed E-state index contributed by atoms with van der Waals surface area (Å²) < 4.78 is 0. The monoisotopic (exact) mass is 288 g/mol. The summed E-state index contributed by atoms with van der Waals surface area (Å²) in [5.41, 5.74) is 7.02. The summed E-state index contributed by atoms with van der Waals surface area (Å²) in [6, 6.07) is 11.2. The lowest BCUT2D eigenvalue weighted by atomic mass is 9.87. The van der Waals surface area contributed by atoms with Crippen LogP contribution >= 0.6 is 0 Å². The number of anilines is 1. The van der Waals surface area contributed by atoms with Crippen LogP contribution < -0.4 is 16.0 Å². The number of hydrogen-bond acceptors (Lipinski definition) is 3. The number of nitrogens with one attached hydrogen (secondary N) is 1. The molecule has 1 aromatic rings. The first-order valence-corrected chi connectivity index (χ1v) is 7.72. The highest BCUT2D eigenvalue weighted by Gasteiger charge is 2.33. The molecule has 3 rings (SSSR count). The van der Waals surface area contributed by atoms with Crippen LogP contribution in [0.4, 0.5) is 10.5 Å². The van der Waals surface area contributed by atoms with E-state index in [0.29, 0.717) is 6.04 Å². The second-order valence-corrected chi connectivity index (χ2v) is 6.21. The van der Waals surface area contributed by atoms with E-state index in [1.165, 1.54) is 5.69 Å². The maximum absolute atomic E-state index is 12.2. The van der Waals surface area contributed by atoms with Crippen LogP contribution in [0.3, 0.4) is 0 Å². The molecule has 114 valence electrons. The second-order valence-electron chi connectivity index (χ2n) is 6.21. The van der Waals surface area contributed by atoms with Crippen molar-refractivity contribution in [1.29, 1.82) is 0 Å². The Balaban J connectivity index is 1.49. The van der Waals surface area contributed by atoms with Crippen LogP contribution in [0.2, 0.25) is 0 Å². The smallest absolute Gasteiger partial charge is 0.317 e. The van der Waals surface area contributed by atoms with E-state index in [-0.39, 0.29) is 18.1 Å². The first-order valence-electron chi connectivity index (χ1n) is 7.72. The number of para-hydroxylation sites is 1. The molecule has 3 N–H and O–H groups in total. The fourth-order valence-corrected chi connectivity index (χ4v) is 3.14. The summed E-state index contributed by atoms with van der Waals surface area (Å²) in [5, 5.41) is 3.15. The zero-order valence-electron chi connectivity index (χ0n) is 12.5. The molecule has 1 saturated heterocycles. The molecule has 2 fully saturated rings. The standard InChI is InChI=1S/C16H24N4O/c1-19(15-9-12(17)10-15)16(21)18-13-7-8-20(11-13)14-5-3-2-4-6-14/h2-6,12-13,15H,7-11,17H2,1H3,(H,18,21). The molecule has 0 spiro atoms. The van der Waals surface area contributed by atoms with Crippen LogP contribution in [-0.2, 0) is 0 Å². The molecule has 1 aliphatic carbocycles. The number of carbonyl (C=O) groups excluding carboxylic acids is 1. The summed E-state index contributed by atoms with van der Waals surface area (Å²) in [7, 11) is 1.87. The first-order chi connectivity index (χ1) is 10.1. The van der Waals surface area contributed by atoms with E-state index < -0.39 is 0 Å². The zero-order chi connectivity index (χ0) is 14.8. The van der Waals surface area contributed by atoms with Crippen molar-refractivity contribution in [2.45, 2.75) is 37.4 Å². The third-order valence-electron chi connectivity index (χ3n) is 4.65. The van der Waals surface area contributed by atoms with Crippen molar-refractivity contribution >= 4 is 11.7 Å². The lowest BCUT2D eigenvalue weighted by Gasteiger charge is -2.39. The molecule has 21 heavy (non-hydrogen) atoms. The molecule has 1 saturated carbocycles. The molecule has 1 aliphatic heterocycles. The minimum Gasteiger partial charge on any atom is -0.369 e. The maximum atomic E-state index is 12.2. The van der Waals surface area contributed by atoms with Crippen LogP contribution in [0.1, 0.15) is 19.3 Å². The maximum Gasteiger partial charge on any atom is 0.317 e. The molecule has 1 heterocycles. The largest absolute Gasteiger partial charge is 0.369 e. The number of rotatable bonds is 3. The molecule has 1 aromatic carbocycles. The van der Waals surface area contributed by atoms with Crippen molar-refractivity contribution < 1.29 is 4.79 Å². The van der Waals surface area contributed by atoms with E-state index in [0.717, 1.165) is 32.4 Å². The molecule has 5 nitrogen and oxygen atoms in total. The molecule has 0 bridgehead atoms. The van der Waals surface area contributed by atoms with E-state index in [9.17, 15) is 4.79 Å². The van der Waals surface area contributed by atoms with Crippen LogP contribution in [0.25, 0.3) is 0 Å². The van der Waals surface area contributed by atoms with Gasteiger partial charge in [0.15, 0.2) is 0 Å². The van der Waals surface area contributed by atoms with Crippen molar-refractivity contribution in [3.05, 3.63) is 30.3 Å². The van der Waals surface area contributed by atoms with Gasteiger partial charge in [0.2, 0.25) is 0 Å². The van der Waals surface area contributed by atoms with E-state index >= 15 is 0 Å². The highest BCUT2D eigenvalue weighted by atomic mass is 16.2. The number of nitrogens with zero attached hydrogens (tertiary/aromatic N) is 2. The van der Waals surface area contributed by atoms with Gasteiger partial charge in [-0.25, -0.2) is 4.79 Å². The van der Waals surface area contributed by atoms with Gasteiger partial charge in [-0.1, -0.05) is 18.2 Å². The van der Waals surface area contributed by atoms with Crippen LogP contribution in [0, 0.1) is 0 Å². The average molecular weight is 288 g/mol. The van der Waals surface area contributed by atoms with E-state index in [1.54, 1.807) is 0 Å². The van der Waals surface area contributed by atoms with Gasteiger partial charge in [0.1, 0.15) is 0 Å². The molecule has 1 unspecified atom stereocenters. The Morgan fingerprint density at radius 1 is 1.33 bits per heavy atom. The Labute approximate surface area is 126 Å². The highest BCUT2D eigenvalue weighted by Crippen LogP contribution is 2.23. The summed E-state index contributed by atoms with van der Waals surface area (Å²) in [6.07, 6.45) is 2.84. The number of nitrogens with two attached hydrogens (primary N) is 1. The van der Waals surface area contributed by atoms with E-state index in [2.05, 4.69) is 34.5 Å². The summed E-state index contributed by atoms with van der Waals surface area (Å²) >= 11 is 0. The summed E-state index contributed by atoms with van der Waals surface area (Å²) in [4.78, 5) is 16.4. The third kappa shape index (κ3) is 3.13. The van der Waals surface area contributed by atoms with Crippen molar-refractivity contribution in [2.24, 2.45) is 5.73 Å². The number of urea groups is 1. The molecule has 5 heteroatoms. The fraction of sp³-hybridized carbons (Fsp3) is 0.562. The minimum absolute atomic E-state index is 0.0341. The molecule has 2 amide bonds. The highest BCUT2D eigenvalue weighted by molar-refractivity contribution is 5.75. The number of benzene rings is 1. The predicted octanol–water partition coefficient (Wildman–Crippen LogP) is 1.40. The van der Waals surface area contributed by atoms with Gasteiger partial charge in [-0.2, -0.15) is 0 Å². The van der Waals surface area contributed by atoms with Crippen molar-refractivity contribution in [2.75, 3.05) is 25.0 Å². The van der Waals surface area contributed by atoms with Gasteiger partial charge in [0.25, 0.3) is 0 Å². The zero-order valence-corrected chi connectivity index (χ0v) is 12.5. The number of carbonyl (C=O) groups is 1. The van der Waals surface area contributed by atoms with Crippen LogP contribution in [0.5, 0.6) is 0 Å². The average Bonchev–Trinajstić information content (AvgIpc) is 2.92. The van der Waals surface area contributed by atoms with Gasteiger partial charge in [0.05, 0.1) is 0 Å². The third-order valence-corrected chi connectivity index (χ3v) is 4.65. The molecule has 1 atom stereocenters. The van der Waals surface area contributed by atoms with Gasteiger partial charge < -0.3 is 20.9 Å². The SMILES string of the molecule is CN(C(=O)NC1CCN(c2ccccc2)C1)C1CC(N)C1. The molecular formula is C16H24N4O. The van der Waals surface area contributed by atoms with Crippen molar-refractivity contribution in [1.82, 2.24) is 10.2 Å². The Kier molecular flexibility index (Phi) is 4.01. The van der Waals surface area contributed by atoms with Gasteiger partial charge in [-0.15, -0.1) is 0 Å². The molecule has 0 radical (unpaired) electrons. The Morgan fingerprint density at radius 3 is 2.71 bits per heavy atom. The van der Waals surface area contributed by atoms with Gasteiger partial charge >= 0.3 is 6.03 Å².